The molecule has 0 aliphatic heterocycles. The van der Waals surface area contributed by atoms with Crippen molar-refractivity contribution in [3.8, 4) is 11.1 Å². The fourth-order valence-electron chi connectivity index (χ4n) is 3.32. The molecule has 8 nitrogen and oxygen atoms in total. The first-order chi connectivity index (χ1) is 15.7. The third-order valence-corrected chi connectivity index (χ3v) is 6.79. The van der Waals surface area contributed by atoms with Gasteiger partial charge in [0.1, 0.15) is 5.69 Å². The van der Waals surface area contributed by atoms with Crippen molar-refractivity contribution in [1.82, 2.24) is 20.1 Å². The SMILES string of the molecule is CC(C)(NS(=O)(=O)c1ccc(-c2ccc(NC(=O)c3ccccc3)cc2)cc1)c1cn[nH]n1. The van der Waals surface area contributed by atoms with Crippen molar-refractivity contribution in [2.24, 2.45) is 0 Å². The Kier molecular flexibility index (Phi) is 6.08. The summed E-state index contributed by atoms with van der Waals surface area (Å²) in [5, 5.41) is 13.1. The van der Waals surface area contributed by atoms with Gasteiger partial charge in [-0.25, -0.2) is 8.42 Å². The maximum absolute atomic E-state index is 12.8. The molecule has 0 unspecified atom stereocenters. The van der Waals surface area contributed by atoms with Gasteiger partial charge in [0, 0.05) is 11.3 Å². The number of hydrogen-bond donors (Lipinski definition) is 3. The Morgan fingerprint density at radius 2 is 1.48 bits per heavy atom. The number of rotatable bonds is 7. The zero-order valence-electron chi connectivity index (χ0n) is 18.1. The highest BCUT2D eigenvalue weighted by Gasteiger charge is 2.30. The number of aromatic nitrogens is 3. The molecule has 0 bridgehead atoms. The van der Waals surface area contributed by atoms with Gasteiger partial charge in [0.2, 0.25) is 10.0 Å². The second-order valence-corrected chi connectivity index (χ2v) is 9.69. The number of aromatic amines is 1. The highest BCUT2D eigenvalue weighted by Crippen LogP contribution is 2.25. The van der Waals surface area contributed by atoms with E-state index < -0.39 is 15.6 Å². The van der Waals surface area contributed by atoms with Crippen LogP contribution in [0.2, 0.25) is 0 Å². The van der Waals surface area contributed by atoms with Gasteiger partial charge in [-0.2, -0.15) is 20.1 Å². The smallest absolute Gasteiger partial charge is 0.255 e. The van der Waals surface area contributed by atoms with Gasteiger partial charge in [0.05, 0.1) is 16.6 Å². The molecule has 0 spiro atoms. The van der Waals surface area contributed by atoms with Crippen LogP contribution in [-0.2, 0) is 15.6 Å². The molecule has 1 heterocycles. The second kappa shape index (κ2) is 8.97. The zero-order valence-corrected chi connectivity index (χ0v) is 18.9. The van der Waals surface area contributed by atoms with E-state index in [1.807, 2.05) is 42.5 Å². The summed E-state index contributed by atoms with van der Waals surface area (Å²) in [6.07, 6.45) is 1.48. The standard InChI is InChI=1S/C24H23N5O3S/c1-24(2,22-16-25-29-27-22)28-33(31,32)21-14-10-18(11-15-21)17-8-12-20(13-9-17)26-23(30)19-6-4-3-5-7-19/h3-16,28H,1-2H3,(H,26,30)(H,25,27,29). The lowest BCUT2D eigenvalue weighted by molar-refractivity contribution is 0.102. The van der Waals surface area contributed by atoms with Crippen LogP contribution in [0.4, 0.5) is 5.69 Å². The minimum absolute atomic E-state index is 0.148. The number of anilines is 1. The normalized spacial score (nSPS) is 11.8. The summed E-state index contributed by atoms with van der Waals surface area (Å²) in [5.74, 6) is -0.182. The molecule has 0 saturated carbocycles. The molecule has 168 valence electrons. The van der Waals surface area contributed by atoms with Crippen molar-refractivity contribution in [3.05, 3.63) is 96.3 Å². The lowest BCUT2D eigenvalue weighted by atomic mass is 10.0. The average Bonchev–Trinajstić information content (AvgIpc) is 3.36. The molecule has 1 amide bonds. The Morgan fingerprint density at radius 3 is 2.06 bits per heavy atom. The van der Waals surface area contributed by atoms with Crippen LogP contribution in [0.3, 0.4) is 0 Å². The molecule has 4 rings (SSSR count). The van der Waals surface area contributed by atoms with Crippen LogP contribution in [0.1, 0.15) is 29.9 Å². The summed E-state index contributed by atoms with van der Waals surface area (Å²) in [4.78, 5) is 12.4. The fourth-order valence-corrected chi connectivity index (χ4v) is 4.70. The maximum atomic E-state index is 12.8. The van der Waals surface area contributed by atoms with Crippen LogP contribution in [0.25, 0.3) is 11.1 Å². The highest BCUT2D eigenvalue weighted by atomic mass is 32.2. The van der Waals surface area contributed by atoms with Crippen LogP contribution in [0.15, 0.2) is 90.0 Å². The molecule has 4 aromatic rings. The number of nitrogens with one attached hydrogen (secondary N) is 3. The molecular formula is C24H23N5O3S. The molecule has 0 fully saturated rings. The van der Waals surface area contributed by atoms with Gasteiger partial charge in [-0.1, -0.05) is 42.5 Å². The first kappa shape index (κ1) is 22.4. The Hall–Kier alpha value is -3.82. The van der Waals surface area contributed by atoms with Crippen LogP contribution in [0, 0.1) is 0 Å². The molecule has 3 N–H and O–H groups in total. The predicted octanol–water partition coefficient (Wildman–Crippen LogP) is 3.94. The van der Waals surface area contributed by atoms with E-state index in [4.69, 9.17) is 0 Å². The summed E-state index contributed by atoms with van der Waals surface area (Å²) in [5.41, 5.74) is 2.56. The van der Waals surface area contributed by atoms with Gasteiger partial charge in [-0.05, 0) is 61.4 Å². The number of H-pyrrole nitrogens is 1. The van der Waals surface area contributed by atoms with Crippen molar-refractivity contribution >= 4 is 21.6 Å². The highest BCUT2D eigenvalue weighted by molar-refractivity contribution is 7.89. The zero-order chi connectivity index (χ0) is 23.5. The number of amides is 1. The molecule has 0 atom stereocenters. The topological polar surface area (TPSA) is 117 Å². The minimum atomic E-state index is -3.77. The summed E-state index contributed by atoms with van der Waals surface area (Å²) in [6.45, 7) is 3.43. The first-order valence-corrected chi connectivity index (χ1v) is 11.7. The van der Waals surface area contributed by atoms with Gasteiger partial charge >= 0.3 is 0 Å². The van der Waals surface area contributed by atoms with E-state index in [1.54, 1.807) is 50.2 Å². The van der Waals surface area contributed by atoms with Gasteiger partial charge in [0.15, 0.2) is 0 Å². The van der Waals surface area contributed by atoms with Crippen LogP contribution in [-0.4, -0.2) is 29.7 Å². The summed E-state index contributed by atoms with van der Waals surface area (Å²) >= 11 is 0. The van der Waals surface area contributed by atoms with Crippen LogP contribution < -0.4 is 10.0 Å². The second-order valence-electron chi connectivity index (χ2n) is 8.01. The van der Waals surface area contributed by atoms with Gasteiger partial charge < -0.3 is 5.32 Å². The molecule has 0 aliphatic carbocycles. The van der Waals surface area contributed by atoms with E-state index in [9.17, 15) is 13.2 Å². The van der Waals surface area contributed by atoms with Crippen molar-refractivity contribution in [1.29, 1.82) is 0 Å². The average molecular weight is 462 g/mol. The summed E-state index contributed by atoms with van der Waals surface area (Å²) in [7, 11) is -3.77. The van der Waals surface area contributed by atoms with E-state index in [0.717, 1.165) is 11.1 Å². The lowest BCUT2D eigenvalue weighted by Gasteiger charge is -2.23. The molecule has 0 aliphatic rings. The number of carbonyl (C=O) groups excluding carboxylic acids is 1. The van der Waals surface area contributed by atoms with E-state index >= 15 is 0 Å². The largest absolute Gasteiger partial charge is 0.322 e. The summed E-state index contributed by atoms with van der Waals surface area (Å²) < 4.78 is 28.4. The van der Waals surface area contributed by atoms with Crippen molar-refractivity contribution < 1.29 is 13.2 Å². The molecule has 3 aromatic carbocycles. The third kappa shape index (κ3) is 5.16. The lowest BCUT2D eigenvalue weighted by Crippen LogP contribution is -2.41. The number of hydrogen-bond acceptors (Lipinski definition) is 5. The molecule has 0 radical (unpaired) electrons. The van der Waals surface area contributed by atoms with E-state index in [1.165, 1.54) is 6.20 Å². The maximum Gasteiger partial charge on any atom is 0.255 e. The Labute approximate surface area is 192 Å². The van der Waals surface area contributed by atoms with E-state index in [2.05, 4.69) is 25.4 Å². The molecule has 9 heteroatoms. The number of nitrogens with zero attached hydrogens (tertiary/aromatic N) is 2. The Balaban J connectivity index is 1.46. The number of benzene rings is 3. The van der Waals surface area contributed by atoms with Gasteiger partial charge in [-0.3, -0.25) is 4.79 Å². The molecule has 1 aromatic heterocycles. The molecule has 33 heavy (non-hydrogen) atoms. The quantitative estimate of drug-likeness (QED) is 0.385. The minimum Gasteiger partial charge on any atom is -0.322 e. The van der Waals surface area contributed by atoms with E-state index in [0.29, 0.717) is 16.9 Å². The Morgan fingerprint density at radius 1 is 0.879 bits per heavy atom. The number of sulfonamides is 1. The predicted molar refractivity (Wildman–Crippen MR) is 126 cm³/mol. The molecule has 0 saturated heterocycles. The summed E-state index contributed by atoms with van der Waals surface area (Å²) in [6, 6.07) is 22.9. The molecular weight excluding hydrogens is 438 g/mol. The number of carbonyl (C=O) groups is 1. The monoisotopic (exact) mass is 461 g/mol. The van der Waals surface area contributed by atoms with Crippen molar-refractivity contribution in [3.63, 3.8) is 0 Å². The van der Waals surface area contributed by atoms with Crippen molar-refractivity contribution in [2.45, 2.75) is 24.3 Å². The third-order valence-electron chi connectivity index (χ3n) is 5.12. The van der Waals surface area contributed by atoms with Crippen molar-refractivity contribution in [2.75, 3.05) is 5.32 Å². The fraction of sp³-hybridized carbons (Fsp3) is 0.125. The first-order valence-electron chi connectivity index (χ1n) is 10.2. The van der Waals surface area contributed by atoms with Crippen LogP contribution >= 0.6 is 0 Å². The van der Waals surface area contributed by atoms with E-state index in [-0.39, 0.29) is 10.8 Å². The Bertz CT molecular complexity index is 1330. The van der Waals surface area contributed by atoms with Crippen LogP contribution in [0.5, 0.6) is 0 Å². The van der Waals surface area contributed by atoms with Gasteiger partial charge in [0.25, 0.3) is 5.91 Å². The van der Waals surface area contributed by atoms with Gasteiger partial charge in [-0.15, -0.1) is 0 Å².